The summed E-state index contributed by atoms with van der Waals surface area (Å²) in [5.41, 5.74) is 14.4. The molecule has 0 aliphatic heterocycles. The zero-order valence-electron chi connectivity index (χ0n) is 37.3. The van der Waals surface area contributed by atoms with E-state index in [9.17, 15) is 0 Å². The van der Waals surface area contributed by atoms with Gasteiger partial charge in [0, 0.05) is 65.9 Å². The summed E-state index contributed by atoms with van der Waals surface area (Å²) in [5, 5.41) is 13.2. The second kappa shape index (κ2) is 14.6. The minimum absolute atomic E-state index is 0.702. The standard InChI is InChI=1S/C64H39N5/c1-2-14-46(15-3-1)67-57-22-10-7-18-51(57)53-33-30-43(38-61(53)67)63-54-20-4-9-21-56(54)65-64(66-63)44-27-26-41-35-47(31-28-40(41)34-44)69-60-25-13-8-19-52(60)55-37-42-29-32-48(36-45(42)39-62(55)69)68-58-23-11-5-16-49(58)50-17-6-12-24-59(50)68/h1-39H. The summed E-state index contributed by atoms with van der Waals surface area (Å²) in [4.78, 5) is 10.6. The second-order valence-electron chi connectivity index (χ2n) is 18.2. The largest absolute Gasteiger partial charge is 0.309 e. The van der Waals surface area contributed by atoms with Gasteiger partial charge in [0.25, 0.3) is 0 Å². The maximum atomic E-state index is 5.39. The fourth-order valence-corrected chi connectivity index (χ4v) is 11.2. The molecule has 4 heterocycles. The molecule has 0 saturated carbocycles. The van der Waals surface area contributed by atoms with Gasteiger partial charge in [-0.3, -0.25) is 0 Å². The van der Waals surface area contributed by atoms with E-state index in [1.807, 2.05) is 0 Å². The van der Waals surface area contributed by atoms with Crippen molar-refractivity contribution in [2.24, 2.45) is 0 Å². The third-order valence-electron chi connectivity index (χ3n) is 14.4. The van der Waals surface area contributed by atoms with E-state index in [0.717, 1.165) is 61.1 Å². The first-order valence-electron chi connectivity index (χ1n) is 23.6. The van der Waals surface area contributed by atoms with E-state index in [1.54, 1.807) is 0 Å². The number of fused-ring (bicyclic) bond motifs is 12. The van der Waals surface area contributed by atoms with Crippen molar-refractivity contribution in [1.29, 1.82) is 0 Å². The molecule has 320 valence electrons. The Balaban J connectivity index is 0.853. The van der Waals surface area contributed by atoms with Gasteiger partial charge < -0.3 is 13.7 Å². The lowest BCUT2D eigenvalue weighted by atomic mass is 10.0. The highest BCUT2D eigenvalue weighted by molar-refractivity contribution is 6.15. The number of rotatable bonds is 5. The van der Waals surface area contributed by atoms with E-state index in [1.165, 1.54) is 70.7 Å². The van der Waals surface area contributed by atoms with Crippen molar-refractivity contribution >= 4 is 97.9 Å². The highest BCUT2D eigenvalue weighted by atomic mass is 15.0. The van der Waals surface area contributed by atoms with Crippen LogP contribution in [0, 0.1) is 0 Å². The molecule has 4 aromatic heterocycles. The summed E-state index contributed by atoms with van der Waals surface area (Å²) in [6, 6.07) is 85.7. The van der Waals surface area contributed by atoms with Crippen LogP contribution in [-0.2, 0) is 0 Å². The van der Waals surface area contributed by atoms with E-state index in [0.29, 0.717) is 5.82 Å². The predicted molar refractivity (Wildman–Crippen MR) is 288 cm³/mol. The average molecular weight is 878 g/mol. The average Bonchev–Trinajstić information content (AvgIpc) is 4.05. The molecule has 0 amide bonds. The van der Waals surface area contributed by atoms with E-state index >= 15 is 0 Å². The van der Waals surface area contributed by atoms with Crippen molar-refractivity contribution < 1.29 is 0 Å². The predicted octanol–water partition coefficient (Wildman–Crippen LogP) is 16.6. The second-order valence-corrected chi connectivity index (χ2v) is 18.2. The van der Waals surface area contributed by atoms with Gasteiger partial charge in [-0.2, -0.15) is 0 Å². The number of benzene rings is 11. The Hall–Kier alpha value is -9.32. The maximum Gasteiger partial charge on any atom is 0.160 e. The Morgan fingerprint density at radius 1 is 0.246 bits per heavy atom. The summed E-state index contributed by atoms with van der Waals surface area (Å²) in [6.45, 7) is 0. The molecule has 5 nitrogen and oxygen atoms in total. The monoisotopic (exact) mass is 877 g/mol. The lowest BCUT2D eigenvalue weighted by Gasteiger charge is -2.13. The lowest BCUT2D eigenvalue weighted by Crippen LogP contribution is -1.97. The first kappa shape index (κ1) is 37.9. The highest BCUT2D eigenvalue weighted by Crippen LogP contribution is 2.40. The smallest absolute Gasteiger partial charge is 0.160 e. The molecule has 15 rings (SSSR count). The summed E-state index contributed by atoms with van der Waals surface area (Å²) in [5.74, 6) is 0.702. The molecule has 0 unspecified atom stereocenters. The molecule has 0 atom stereocenters. The molecular formula is C64H39N5. The summed E-state index contributed by atoms with van der Waals surface area (Å²) >= 11 is 0. The molecule has 0 bridgehead atoms. The molecule has 0 fully saturated rings. The normalized spacial score (nSPS) is 12.1. The van der Waals surface area contributed by atoms with Gasteiger partial charge in [0.2, 0.25) is 0 Å². The molecule has 11 aromatic carbocycles. The molecule has 5 heteroatoms. The fourth-order valence-electron chi connectivity index (χ4n) is 11.2. The summed E-state index contributed by atoms with van der Waals surface area (Å²) in [7, 11) is 0. The van der Waals surface area contributed by atoms with E-state index < -0.39 is 0 Å². The fraction of sp³-hybridized carbons (Fsp3) is 0. The molecular weight excluding hydrogens is 839 g/mol. The van der Waals surface area contributed by atoms with Gasteiger partial charge in [0.1, 0.15) is 0 Å². The molecule has 0 aliphatic carbocycles. The third kappa shape index (κ3) is 5.71. The van der Waals surface area contributed by atoms with Crippen LogP contribution < -0.4 is 0 Å². The Morgan fingerprint density at radius 3 is 1.38 bits per heavy atom. The topological polar surface area (TPSA) is 40.6 Å². The quantitative estimate of drug-likeness (QED) is 0.173. The van der Waals surface area contributed by atoms with Crippen molar-refractivity contribution in [2.75, 3.05) is 0 Å². The molecule has 15 aromatic rings. The van der Waals surface area contributed by atoms with Crippen molar-refractivity contribution in [1.82, 2.24) is 23.7 Å². The first-order chi connectivity index (χ1) is 34.2. The Labute approximate surface area is 396 Å². The minimum atomic E-state index is 0.702. The van der Waals surface area contributed by atoms with Crippen LogP contribution in [0.25, 0.3) is 138 Å². The van der Waals surface area contributed by atoms with E-state index in [2.05, 4.69) is 250 Å². The van der Waals surface area contributed by atoms with Crippen molar-refractivity contribution in [2.45, 2.75) is 0 Å². The number of hydrogen-bond donors (Lipinski definition) is 0. The van der Waals surface area contributed by atoms with Crippen molar-refractivity contribution in [3.63, 3.8) is 0 Å². The van der Waals surface area contributed by atoms with Gasteiger partial charge in [-0.1, -0.05) is 146 Å². The van der Waals surface area contributed by atoms with Crippen LogP contribution in [0.2, 0.25) is 0 Å². The number of nitrogens with zero attached hydrogens (tertiary/aromatic N) is 5. The molecule has 0 radical (unpaired) electrons. The van der Waals surface area contributed by atoms with Crippen LogP contribution in [-0.4, -0.2) is 23.7 Å². The third-order valence-corrected chi connectivity index (χ3v) is 14.4. The van der Waals surface area contributed by atoms with Gasteiger partial charge in [0.05, 0.1) is 44.3 Å². The molecule has 0 aliphatic rings. The van der Waals surface area contributed by atoms with Crippen LogP contribution in [0.3, 0.4) is 0 Å². The van der Waals surface area contributed by atoms with E-state index in [4.69, 9.17) is 9.97 Å². The summed E-state index contributed by atoms with van der Waals surface area (Å²) in [6.07, 6.45) is 0. The van der Waals surface area contributed by atoms with Crippen LogP contribution >= 0.6 is 0 Å². The first-order valence-corrected chi connectivity index (χ1v) is 23.6. The number of aromatic nitrogens is 5. The van der Waals surface area contributed by atoms with Gasteiger partial charge in [-0.05, 0) is 113 Å². The molecule has 69 heavy (non-hydrogen) atoms. The van der Waals surface area contributed by atoms with Crippen LogP contribution in [0.1, 0.15) is 0 Å². The van der Waals surface area contributed by atoms with E-state index in [-0.39, 0.29) is 0 Å². The van der Waals surface area contributed by atoms with Gasteiger partial charge in [-0.25, -0.2) is 9.97 Å². The maximum absolute atomic E-state index is 5.39. The molecule has 0 spiro atoms. The Morgan fingerprint density at radius 2 is 0.710 bits per heavy atom. The zero-order valence-corrected chi connectivity index (χ0v) is 37.3. The van der Waals surface area contributed by atoms with Crippen molar-refractivity contribution in [3.8, 4) is 39.7 Å². The Kier molecular flexibility index (Phi) is 8.00. The highest BCUT2D eigenvalue weighted by Gasteiger charge is 2.19. The summed E-state index contributed by atoms with van der Waals surface area (Å²) < 4.78 is 7.19. The van der Waals surface area contributed by atoms with Gasteiger partial charge in [0.15, 0.2) is 5.82 Å². The van der Waals surface area contributed by atoms with Gasteiger partial charge in [-0.15, -0.1) is 0 Å². The Bertz CT molecular complexity index is 4560. The number of hydrogen-bond acceptors (Lipinski definition) is 2. The van der Waals surface area contributed by atoms with Crippen LogP contribution in [0.5, 0.6) is 0 Å². The minimum Gasteiger partial charge on any atom is -0.309 e. The SMILES string of the molecule is c1ccc(-n2c3ccccc3c3ccc(-c4nc(-c5ccc6cc(-n7c8ccccc8c8cc9ccc(-n%10c%11ccccc%11c%11ccccc%11%10)cc9cc87)ccc6c5)nc5ccccc45)cc32)cc1. The van der Waals surface area contributed by atoms with Crippen molar-refractivity contribution in [3.05, 3.63) is 237 Å². The lowest BCUT2D eigenvalue weighted by molar-refractivity contribution is 1.18. The van der Waals surface area contributed by atoms with Gasteiger partial charge >= 0.3 is 0 Å². The molecule has 0 N–H and O–H groups in total. The van der Waals surface area contributed by atoms with Crippen LogP contribution in [0.4, 0.5) is 0 Å². The number of para-hydroxylation sites is 6. The van der Waals surface area contributed by atoms with Crippen LogP contribution in [0.15, 0.2) is 237 Å². The zero-order chi connectivity index (χ0) is 45.2. The molecule has 0 saturated heterocycles.